The van der Waals surface area contributed by atoms with Crippen LogP contribution in [0, 0.1) is 0 Å². The van der Waals surface area contributed by atoms with Crippen LogP contribution in [0.3, 0.4) is 0 Å². The van der Waals surface area contributed by atoms with Gasteiger partial charge in [0.25, 0.3) is 0 Å². The fourth-order valence-corrected chi connectivity index (χ4v) is 1.72. The van der Waals surface area contributed by atoms with Crippen LogP contribution in [0.2, 0.25) is 10.0 Å². The van der Waals surface area contributed by atoms with Crippen molar-refractivity contribution in [1.29, 1.82) is 0 Å². The highest BCUT2D eigenvalue weighted by atomic mass is 35.5. The summed E-state index contributed by atoms with van der Waals surface area (Å²) in [6.07, 6.45) is 3.07. The van der Waals surface area contributed by atoms with E-state index in [9.17, 15) is 4.79 Å². The van der Waals surface area contributed by atoms with E-state index in [1.165, 1.54) is 6.08 Å². The molecule has 96 valence electrons. The van der Waals surface area contributed by atoms with Crippen LogP contribution >= 0.6 is 23.2 Å². The predicted molar refractivity (Wildman–Crippen MR) is 80.0 cm³/mol. The molecule has 0 saturated heterocycles. The van der Waals surface area contributed by atoms with Crippen LogP contribution in [0.15, 0.2) is 60.8 Å². The van der Waals surface area contributed by atoms with Crippen LogP contribution in [0.1, 0.15) is 10.4 Å². The molecule has 0 atom stereocenters. The van der Waals surface area contributed by atoms with Crippen molar-refractivity contribution in [3.8, 4) is 0 Å². The van der Waals surface area contributed by atoms with Crippen molar-refractivity contribution in [1.82, 2.24) is 0 Å². The van der Waals surface area contributed by atoms with Gasteiger partial charge < -0.3 is 5.32 Å². The summed E-state index contributed by atoms with van der Waals surface area (Å²) in [6, 6.07) is 14.0. The largest absolute Gasteiger partial charge is 0.362 e. The number of nitrogens with one attached hydrogen (secondary N) is 1. The van der Waals surface area contributed by atoms with Gasteiger partial charge in [0.2, 0.25) is 0 Å². The lowest BCUT2D eigenvalue weighted by molar-refractivity contribution is 0.104. The molecule has 0 fully saturated rings. The molecular formula is C15H11Cl2NO. The van der Waals surface area contributed by atoms with Gasteiger partial charge in [-0.15, -0.1) is 0 Å². The maximum absolute atomic E-state index is 11.8. The fraction of sp³-hybridized carbons (Fsp3) is 0. The minimum atomic E-state index is -0.0851. The highest BCUT2D eigenvalue weighted by Gasteiger charge is 2.00. The van der Waals surface area contributed by atoms with Crippen molar-refractivity contribution >= 4 is 34.7 Å². The average molecular weight is 292 g/mol. The van der Waals surface area contributed by atoms with Crippen LogP contribution in [0.25, 0.3) is 0 Å². The molecule has 2 aromatic rings. The molecule has 19 heavy (non-hydrogen) atoms. The van der Waals surface area contributed by atoms with E-state index in [1.54, 1.807) is 42.6 Å². The summed E-state index contributed by atoms with van der Waals surface area (Å²) in [7, 11) is 0. The topological polar surface area (TPSA) is 29.1 Å². The molecule has 0 heterocycles. The van der Waals surface area contributed by atoms with E-state index < -0.39 is 0 Å². The Morgan fingerprint density at radius 3 is 2.00 bits per heavy atom. The summed E-state index contributed by atoms with van der Waals surface area (Å²) in [4.78, 5) is 11.8. The van der Waals surface area contributed by atoms with E-state index in [1.807, 2.05) is 12.1 Å². The number of hydrogen-bond acceptors (Lipinski definition) is 2. The summed E-state index contributed by atoms with van der Waals surface area (Å²) in [5.74, 6) is -0.0851. The van der Waals surface area contributed by atoms with Gasteiger partial charge in [-0.1, -0.05) is 23.2 Å². The Bertz CT molecular complexity index is 589. The van der Waals surface area contributed by atoms with Crippen molar-refractivity contribution in [3.63, 3.8) is 0 Å². The summed E-state index contributed by atoms with van der Waals surface area (Å²) >= 11 is 11.5. The third-order valence-corrected chi connectivity index (χ3v) is 2.96. The molecular weight excluding hydrogens is 281 g/mol. The lowest BCUT2D eigenvalue weighted by atomic mass is 10.1. The Hall–Kier alpha value is -1.77. The minimum Gasteiger partial charge on any atom is -0.362 e. The van der Waals surface area contributed by atoms with Crippen LogP contribution in [0.5, 0.6) is 0 Å². The molecule has 0 aliphatic carbocycles. The normalized spacial score (nSPS) is 10.6. The lowest BCUT2D eigenvalue weighted by Gasteiger charge is -2.00. The number of ketones is 1. The standard InChI is InChI=1S/C15H11Cl2NO/c16-12-3-1-11(2-4-12)15(19)9-10-18-14-7-5-13(17)6-8-14/h1-10,18H/b10-9-. The number of anilines is 1. The molecule has 0 aliphatic rings. The number of halogens is 2. The SMILES string of the molecule is O=C(/C=C\Nc1ccc(Cl)cc1)c1ccc(Cl)cc1. The molecule has 2 rings (SSSR count). The van der Waals surface area contributed by atoms with E-state index in [4.69, 9.17) is 23.2 Å². The zero-order valence-electron chi connectivity index (χ0n) is 9.94. The number of rotatable bonds is 4. The van der Waals surface area contributed by atoms with Gasteiger partial charge in [0, 0.05) is 33.6 Å². The van der Waals surface area contributed by atoms with Gasteiger partial charge in [0.1, 0.15) is 0 Å². The van der Waals surface area contributed by atoms with Gasteiger partial charge in [-0.25, -0.2) is 0 Å². The molecule has 2 nitrogen and oxygen atoms in total. The zero-order chi connectivity index (χ0) is 13.7. The zero-order valence-corrected chi connectivity index (χ0v) is 11.4. The minimum absolute atomic E-state index is 0.0851. The Labute approximate surface area is 121 Å². The van der Waals surface area contributed by atoms with E-state index in [0.717, 1.165) is 5.69 Å². The lowest BCUT2D eigenvalue weighted by Crippen LogP contribution is -1.95. The summed E-state index contributed by atoms with van der Waals surface area (Å²) in [5, 5.41) is 4.28. The van der Waals surface area contributed by atoms with Gasteiger partial charge in [0.05, 0.1) is 0 Å². The van der Waals surface area contributed by atoms with Crippen LogP contribution < -0.4 is 5.32 Å². The van der Waals surface area contributed by atoms with Gasteiger partial charge in [0.15, 0.2) is 5.78 Å². The number of hydrogen-bond donors (Lipinski definition) is 1. The fourth-order valence-electron chi connectivity index (χ4n) is 1.47. The summed E-state index contributed by atoms with van der Waals surface area (Å²) in [5.41, 5.74) is 1.46. The van der Waals surface area contributed by atoms with Gasteiger partial charge >= 0.3 is 0 Å². The molecule has 0 amide bonds. The first-order chi connectivity index (χ1) is 9.15. The summed E-state index contributed by atoms with van der Waals surface area (Å²) < 4.78 is 0. The Morgan fingerprint density at radius 2 is 1.42 bits per heavy atom. The van der Waals surface area contributed by atoms with E-state index in [-0.39, 0.29) is 5.78 Å². The quantitative estimate of drug-likeness (QED) is 0.647. The van der Waals surface area contributed by atoms with E-state index in [2.05, 4.69) is 5.32 Å². The molecule has 0 unspecified atom stereocenters. The Morgan fingerprint density at radius 1 is 0.895 bits per heavy atom. The highest BCUT2D eigenvalue weighted by Crippen LogP contribution is 2.13. The van der Waals surface area contributed by atoms with E-state index in [0.29, 0.717) is 15.6 Å². The van der Waals surface area contributed by atoms with Crippen molar-refractivity contribution in [2.75, 3.05) is 5.32 Å². The van der Waals surface area contributed by atoms with Crippen molar-refractivity contribution < 1.29 is 4.79 Å². The molecule has 4 heteroatoms. The van der Waals surface area contributed by atoms with Crippen molar-refractivity contribution in [2.24, 2.45) is 0 Å². The number of carbonyl (C=O) groups is 1. The molecule has 0 bridgehead atoms. The van der Waals surface area contributed by atoms with Crippen LogP contribution in [-0.4, -0.2) is 5.78 Å². The molecule has 0 saturated carbocycles. The summed E-state index contributed by atoms with van der Waals surface area (Å²) in [6.45, 7) is 0. The smallest absolute Gasteiger partial charge is 0.187 e. The predicted octanol–water partition coefficient (Wildman–Crippen LogP) is 4.80. The Balaban J connectivity index is 1.97. The first-order valence-electron chi connectivity index (χ1n) is 5.64. The molecule has 0 radical (unpaired) electrons. The molecule has 0 aromatic heterocycles. The third-order valence-electron chi connectivity index (χ3n) is 2.46. The second-order valence-electron chi connectivity index (χ2n) is 3.86. The number of carbonyl (C=O) groups excluding carboxylic acids is 1. The van der Waals surface area contributed by atoms with Gasteiger partial charge in [-0.2, -0.15) is 0 Å². The monoisotopic (exact) mass is 291 g/mol. The number of benzene rings is 2. The molecule has 0 aliphatic heterocycles. The average Bonchev–Trinajstić information content (AvgIpc) is 2.41. The second-order valence-corrected chi connectivity index (χ2v) is 4.73. The maximum atomic E-state index is 11.8. The highest BCUT2D eigenvalue weighted by molar-refractivity contribution is 6.31. The van der Waals surface area contributed by atoms with Crippen molar-refractivity contribution in [3.05, 3.63) is 76.4 Å². The molecule has 2 aromatic carbocycles. The van der Waals surface area contributed by atoms with Crippen LogP contribution in [-0.2, 0) is 0 Å². The molecule has 1 N–H and O–H groups in total. The maximum Gasteiger partial charge on any atom is 0.187 e. The van der Waals surface area contributed by atoms with Crippen LogP contribution in [0.4, 0.5) is 5.69 Å². The van der Waals surface area contributed by atoms with Gasteiger partial charge in [-0.05, 0) is 48.5 Å². The van der Waals surface area contributed by atoms with Gasteiger partial charge in [-0.3, -0.25) is 4.79 Å². The third kappa shape index (κ3) is 4.12. The van der Waals surface area contributed by atoms with Crippen molar-refractivity contribution in [2.45, 2.75) is 0 Å². The molecule has 0 spiro atoms. The first-order valence-corrected chi connectivity index (χ1v) is 6.39. The first kappa shape index (κ1) is 13.7. The number of allylic oxidation sites excluding steroid dienone is 1. The Kier molecular flexibility index (Phi) is 4.61. The second kappa shape index (κ2) is 6.41. The van der Waals surface area contributed by atoms with E-state index >= 15 is 0 Å².